The van der Waals surface area contributed by atoms with Gasteiger partial charge in [-0.05, 0) is 41.7 Å². The quantitative estimate of drug-likeness (QED) is 0.364. The van der Waals surface area contributed by atoms with Gasteiger partial charge in [-0.3, -0.25) is 14.6 Å². The number of benzene rings is 2. The van der Waals surface area contributed by atoms with Crippen LogP contribution in [0.15, 0.2) is 73.1 Å². The Hall–Kier alpha value is -3.51. The lowest BCUT2D eigenvalue weighted by Crippen LogP contribution is -2.33. The van der Waals surface area contributed by atoms with Crippen molar-refractivity contribution in [1.82, 2.24) is 4.98 Å². The number of methoxy groups -OCH3 is 1. The number of nitrogens with two attached hydrogens (primary N) is 1. The predicted octanol–water partition coefficient (Wildman–Crippen LogP) is 4.46. The smallest absolute Gasteiger partial charge is 0.322 e. The van der Waals surface area contributed by atoms with E-state index in [2.05, 4.69) is 10.3 Å². The van der Waals surface area contributed by atoms with E-state index < -0.39 is 12.0 Å². The molecule has 0 saturated heterocycles. The van der Waals surface area contributed by atoms with Crippen molar-refractivity contribution in [2.24, 2.45) is 11.7 Å². The van der Waals surface area contributed by atoms with Crippen molar-refractivity contribution >= 4 is 17.4 Å². The van der Waals surface area contributed by atoms with Crippen LogP contribution in [0.1, 0.15) is 35.7 Å². The molecule has 0 aliphatic carbocycles. The van der Waals surface area contributed by atoms with Crippen molar-refractivity contribution in [1.29, 1.82) is 0 Å². The Kier molecular flexibility index (Phi) is 8.11. The summed E-state index contributed by atoms with van der Waals surface area (Å²) in [6, 6.07) is 18.8. The van der Waals surface area contributed by atoms with Gasteiger partial charge >= 0.3 is 5.97 Å². The van der Waals surface area contributed by atoms with Crippen LogP contribution in [0.4, 0.5) is 5.69 Å². The van der Waals surface area contributed by atoms with Crippen LogP contribution in [0.2, 0.25) is 0 Å². The first-order chi connectivity index (χ1) is 15.5. The van der Waals surface area contributed by atoms with Crippen molar-refractivity contribution < 1.29 is 14.3 Å². The average Bonchev–Trinajstić information content (AvgIpc) is 2.82. The van der Waals surface area contributed by atoms with Gasteiger partial charge in [-0.25, -0.2) is 0 Å². The van der Waals surface area contributed by atoms with Gasteiger partial charge in [0.15, 0.2) is 5.78 Å². The number of anilines is 1. The summed E-state index contributed by atoms with van der Waals surface area (Å²) in [5.74, 6) is -0.508. The molecule has 1 unspecified atom stereocenters. The van der Waals surface area contributed by atoms with Gasteiger partial charge in [0.05, 0.1) is 7.11 Å². The van der Waals surface area contributed by atoms with Crippen molar-refractivity contribution in [2.45, 2.75) is 32.4 Å². The number of nitrogens with zero attached hydrogens (tertiary/aromatic N) is 1. The van der Waals surface area contributed by atoms with E-state index in [1.165, 1.54) is 7.11 Å². The number of hydrogen-bond donors (Lipinski definition) is 2. The number of rotatable bonds is 10. The summed E-state index contributed by atoms with van der Waals surface area (Å²) >= 11 is 0. The molecule has 0 aliphatic heterocycles. The molecule has 32 heavy (non-hydrogen) atoms. The highest BCUT2D eigenvalue weighted by atomic mass is 16.5. The fourth-order valence-electron chi connectivity index (χ4n) is 3.74. The van der Waals surface area contributed by atoms with Gasteiger partial charge in [0.2, 0.25) is 0 Å². The summed E-state index contributed by atoms with van der Waals surface area (Å²) in [5.41, 5.74) is 10.4. The number of carbonyl (C=O) groups is 2. The van der Waals surface area contributed by atoms with E-state index in [4.69, 9.17) is 10.5 Å². The van der Waals surface area contributed by atoms with Crippen LogP contribution in [0.5, 0.6) is 0 Å². The van der Waals surface area contributed by atoms with E-state index in [0.29, 0.717) is 24.9 Å². The zero-order chi connectivity index (χ0) is 22.9. The van der Waals surface area contributed by atoms with Crippen molar-refractivity contribution in [3.63, 3.8) is 0 Å². The van der Waals surface area contributed by atoms with Gasteiger partial charge in [0.25, 0.3) is 0 Å². The first-order valence-corrected chi connectivity index (χ1v) is 10.7. The second kappa shape index (κ2) is 11.2. The minimum absolute atomic E-state index is 0.0148. The van der Waals surface area contributed by atoms with Crippen LogP contribution in [0.25, 0.3) is 11.1 Å². The van der Waals surface area contributed by atoms with Crippen LogP contribution in [-0.2, 0) is 16.1 Å². The Bertz CT molecular complexity index is 1040. The van der Waals surface area contributed by atoms with E-state index >= 15 is 0 Å². The summed E-state index contributed by atoms with van der Waals surface area (Å²) in [7, 11) is 1.31. The van der Waals surface area contributed by atoms with E-state index in [9.17, 15) is 9.59 Å². The molecule has 1 aromatic heterocycles. The van der Waals surface area contributed by atoms with E-state index in [1.54, 1.807) is 12.4 Å². The molecule has 3 N–H and O–H groups in total. The van der Waals surface area contributed by atoms with Crippen LogP contribution in [-0.4, -0.2) is 29.9 Å². The topological polar surface area (TPSA) is 94.3 Å². The van der Waals surface area contributed by atoms with E-state index in [1.807, 2.05) is 67.6 Å². The Morgan fingerprint density at radius 3 is 2.44 bits per heavy atom. The van der Waals surface area contributed by atoms with Gasteiger partial charge in [-0.15, -0.1) is 0 Å². The average molecular weight is 432 g/mol. The van der Waals surface area contributed by atoms with Gasteiger partial charge < -0.3 is 15.8 Å². The normalized spacial score (nSPS) is 12.6. The van der Waals surface area contributed by atoms with Gasteiger partial charge in [0.1, 0.15) is 6.04 Å². The molecule has 0 fully saturated rings. The fraction of sp³-hybridized carbons (Fsp3) is 0.269. The second-order valence-electron chi connectivity index (χ2n) is 7.90. The lowest BCUT2D eigenvalue weighted by Gasteiger charge is -2.19. The summed E-state index contributed by atoms with van der Waals surface area (Å²) in [5, 5.41) is 3.47. The highest BCUT2D eigenvalue weighted by molar-refractivity contribution is 6.05. The SMILES string of the molecule is COC(=O)[C@@H](N)CC(C)CC(=O)c1cccc(NCc2ccncc2)c1-c1ccccc1. The number of ether oxygens (including phenoxy) is 1. The fourth-order valence-corrected chi connectivity index (χ4v) is 3.74. The van der Waals surface area contributed by atoms with Crippen molar-refractivity contribution in [2.75, 3.05) is 12.4 Å². The molecule has 2 aromatic carbocycles. The maximum atomic E-state index is 13.3. The Morgan fingerprint density at radius 2 is 1.75 bits per heavy atom. The molecule has 6 nitrogen and oxygen atoms in total. The number of aromatic nitrogens is 1. The molecule has 0 radical (unpaired) electrons. The number of hydrogen-bond acceptors (Lipinski definition) is 6. The first kappa shape index (κ1) is 23.2. The van der Waals surface area contributed by atoms with Gasteiger partial charge in [0, 0.05) is 42.2 Å². The molecule has 166 valence electrons. The monoisotopic (exact) mass is 431 g/mol. The zero-order valence-corrected chi connectivity index (χ0v) is 18.5. The van der Waals surface area contributed by atoms with Gasteiger partial charge in [-0.1, -0.05) is 49.4 Å². The molecule has 0 bridgehead atoms. The third-order valence-electron chi connectivity index (χ3n) is 5.35. The molecule has 0 amide bonds. The number of carbonyl (C=O) groups excluding carboxylic acids is 2. The molecule has 0 aliphatic rings. The lowest BCUT2D eigenvalue weighted by molar-refractivity contribution is -0.142. The highest BCUT2D eigenvalue weighted by Gasteiger charge is 2.22. The standard InChI is InChI=1S/C26H29N3O3/c1-18(15-22(27)26(31)32-2)16-24(30)21-9-6-10-23(25(21)20-7-4-3-5-8-20)29-17-19-11-13-28-14-12-19/h3-14,18,22,29H,15-17,27H2,1-2H3/t18?,22-/m0/s1. The van der Waals surface area contributed by atoms with E-state index in [-0.39, 0.29) is 11.7 Å². The maximum Gasteiger partial charge on any atom is 0.322 e. The number of nitrogens with one attached hydrogen (secondary N) is 1. The minimum atomic E-state index is -0.732. The van der Waals surface area contributed by atoms with Crippen LogP contribution in [0, 0.1) is 5.92 Å². The third-order valence-corrected chi connectivity index (χ3v) is 5.35. The molecule has 1 heterocycles. The van der Waals surface area contributed by atoms with Crippen LogP contribution < -0.4 is 11.1 Å². The third kappa shape index (κ3) is 6.02. The first-order valence-electron chi connectivity index (χ1n) is 10.7. The predicted molar refractivity (Wildman–Crippen MR) is 126 cm³/mol. The second-order valence-corrected chi connectivity index (χ2v) is 7.90. The number of Topliss-reactive ketones (excluding diaryl/α,β-unsaturated/α-hetero) is 1. The molecular formula is C26H29N3O3. The summed E-state index contributed by atoms with van der Waals surface area (Å²) in [6.45, 7) is 2.54. The molecule has 3 rings (SSSR count). The molecule has 6 heteroatoms. The highest BCUT2D eigenvalue weighted by Crippen LogP contribution is 2.33. The molecule has 2 atom stereocenters. The summed E-state index contributed by atoms with van der Waals surface area (Å²) < 4.78 is 4.70. The van der Waals surface area contributed by atoms with E-state index in [0.717, 1.165) is 22.4 Å². The van der Waals surface area contributed by atoms with Crippen molar-refractivity contribution in [3.8, 4) is 11.1 Å². The van der Waals surface area contributed by atoms with Crippen LogP contribution >= 0.6 is 0 Å². The molecule has 3 aromatic rings. The Labute approximate surface area is 188 Å². The minimum Gasteiger partial charge on any atom is -0.468 e. The largest absolute Gasteiger partial charge is 0.468 e. The van der Waals surface area contributed by atoms with Crippen LogP contribution in [0.3, 0.4) is 0 Å². The Morgan fingerprint density at radius 1 is 1.03 bits per heavy atom. The number of esters is 1. The Balaban J connectivity index is 1.86. The zero-order valence-electron chi connectivity index (χ0n) is 18.5. The van der Waals surface area contributed by atoms with Crippen molar-refractivity contribution in [3.05, 3.63) is 84.2 Å². The van der Waals surface area contributed by atoms with Gasteiger partial charge in [-0.2, -0.15) is 0 Å². The maximum absolute atomic E-state index is 13.3. The number of ketones is 1. The summed E-state index contributed by atoms with van der Waals surface area (Å²) in [4.78, 5) is 29.0. The molecule has 0 spiro atoms. The molecule has 0 saturated carbocycles. The molecular weight excluding hydrogens is 402 g/mol. The lowest BCUT2D eigenvalue weighted by atomic mass is 9.89. The number of pyridine rings is 1. The summed E-state index contributed by atoms with van der Waals surface area (Å²) in [6.07, 6.45) is 4.20.